The van der Waals surface area contributed by atoms with Crippen LogP contribution in [0.15, 0.2) is 0 Å². The van der Waals surface area contributed by atoms with Gasteiger partial charge in [0.15, 0.2) is 0 Å². The first-order valence-electron chi connectivity index (χ1n) is 3.74. The number of terminal acetylenes is 1. The van der Waals surface area contributed by atoms with Crippen LogP contribution in [0.5, 0.6) is 0 Å². The van der Waals surface area contributed by atoms with Crippen molar-refractivity contribution in [3.63, 3.8) is 0 Å². The van der Waals surface area contributed by atoms with Crippen LogP contribution in [0.1, 0.15) is 20.3 Å². The third-order valence-electron chi connectivity index (χ3n) is 1.27. The summed E-state index contributed by atoms with van der Waals surface area (Å²) in [5.41, 5.74) is 0. The molecule has 1 unspecified atom stereocenters. The molecule has 0 radical (unpaired) electrons. The van der Waals surface area contributed by atoms with Crippen molar-refractivity contribution in [1.82, 2.24) is 0 Å². The summed E-state index contributed by atoms with van der Waals surface area (Å²) in [6.07, 6.45) is 5.54. The van der Waals surface area contributed by atoms with E-state index in [4.69, 9.17) is 15.9 Å². The highest BCUT2D eigenvalue weighted by Gasteiger charge is 2.27. The van der Waals surface area contributed by atoms with E-state index in [0.29, 0.717) is 6.29 Å². The van der Waals surface area contributed by atoms with Crippen molar-refractivity contribution in [2.75, 3.05) is 6.61 Å². The topological polar surface area (TPSA) is 52.6 Å². The van der Waals surface area contributed by atoms with Gasteiger partial charge < -0.3 is 14.3 Å². The zero-order chi connectivity index (χ0) is 10.3. The molecular weight excluding hydrogens is 172 g/mol. The SMILES string of the molecule is C#CCOC(C)(CC=O)OC(C)=O. The summed E-state index contributed by atoms with van der Waals surface area (Å²) in [7, 11) is 0. The molecule has 0 heterocycles. The molecule has 0 aromatic carbocycles. The van der Waals surface area contributed by atoms with Crippen molar-refractivity contribution >= 4 is 12.3 Å². The molecule has 0 aliphatic rings. The molecular formula is C9H12O4. The van der Waals surface area contributed by atoms with Gasteiger partial charge >= 0.3 is 5.97 Å². The fourth-order valence-corrected chi connectivity index (χ4v) is 0.780. The number of ether oxygens (including phenoxy) is 2. The molecule has 0 aromatic heterocycles. The van der Waals surface area contributed by atoms with Crippen LogP contribution < -0.4 is 0 Å². The average molecular weight is 184 g/mol. The number of rotatable bonds is 5. The molecule has 0 N–H and O–H groups in total. The lowest BCUT2D eigenvalue weighted by molar-refractivity contribution is -0.216. The first-order chi connectivity index (χ1) is 6.04. The normalized spacial score (nSPS) is 13.9. The molecule has 0 spiro atoms. The Balaban J connectivity index is 4.24. The predicted molar refractivity (Wildman–Crippen MR) is 45.6 cm³/mol. The van der Waals surface area contributed by atoms with E-state index in [1.165, 1.54) is 13.8 Å². The van der Waals surface area contributed by atoms with Crippen molar-refractivity contribution in [2.45, 2.75) is 26.1 Å². The van der Waals surface area contributed by atoms with Crippen LogP contribution in [0.4, 0.5) is 0 Å². The third-order valence-corrected chi connectivity index (χ3v) is 1.27. The summed E-state index contributed by atoms with van der Waals surface area (Å²) >= 11 is 0. The minimum Gasteiger partial charge on any atom is -0.433 e. The quantitative estimate of drug-likeness (QED) is 0.270. The zero-order valence-electron chi connectivity index (χ0n) is 7.70. The summed E-state index contributed by atoms with van der Waals surface area (Å²) in [6, 6.07) is 0. The summed E-state index contributed by atoms with van der Waals surface area (Å²) in [6.45, 7) is 2.72. The highest BCUT2D eigenvalue weighted by Crippen LogP contribution is 2.15. The van der Waals surface area contributed by atoms with Gasteiger partial charge in [0.2, 0.25) is 5.79 Å². The molecule has 0 aromatic rings. The highest BCUT2D eigenvalue weighted by atomic mass is 16.7. The zero-order valence-corrected chi connectivity index (χ0v) is 7.70. The number of carbonyl (C=O) groups excluding carboxylic acids is 2. The Morgan fingerprint density at radius 3 is 2.69 bits per heavy atom. The van der Waals surface area contributed by atoms with Gasteiger partial charge in [0, 0.05) is 13.8 Å². The van der Waals surface area contributed by atoms with Gasteiger partial charge in [-0.05, 0) is 0 Å². The standard InChI is InChI=1S/C9H12O4/c1-4-7-12-9(3,5-6-10)13-8(2)11/h1,6H,5,7H2,2-3H3. The van der Waals surface area contributed by atoms with Crippen molar-refractivity contribution in [3.05, 3.63) is 0 Å². The summed E-state index contributed by atoms with van der Waals surface area (Å²) < 4.78 is 9.81. The third kappa shape index (κ3) is 4.99. The van der Waals surface area contributed by atoms with E-state index in [-0.39, 0.29) is 13.0 Å². The van der Waals surface area contributed by atoms with Crippen LogP contribution in [0, 0.1) is 12.3 Å². The Kier molecular flexibility index (Phi) is 4.78. The Morgan fingerprint density at radius 2 is 2.31 bits per heavy atom. The van der Waals surface area contributed by atoms with Gasteiger partial charge in [0.05, 0.1) is 6.42 Å². The predicted octanol–water partition coefficient (Wildman–Crippen LogP) is 0.504. The van der Waals surface area contributed by atoms with E-state index >= 15 is 0 Å². The lowest BCUT2D eigenvalue weighted by Crippen LogP contribution is -2.34. The van der Waals surface area contributed by atoms with Crippen molar-refractivity contribution in [2.24, 2.45) is 0 Å². The number of hydrogen-bond donors (Lipinski definition) is 0. The molecule has 0 amide bonds. The maximum Gasteiger partial charge on any atom is 0.305 e. The molecule has 0 saturated heterocycles. The Labute approximate surface area is 77.2 Å². The van der Waals surface area contributed by atoms with Crippen molar-refractivity contribution < 1.29 is 19.1 Å². The second kappa shape index (κ2) is 5.33. The molecule has 4 heteroatoms. The van der Waals surface area contributed by atoms with Gasteiger partial charge in [0.1, 0.15) is 12.9 Å². The number of hydrogen-bond acceptors (Lipinski definition) is 4. The van der Waals surface area contributed by atoms with Crippen LogP contribution in [-0.4, -0.2) is 24.6 Å². The second-order valence-corrected chi connectivity index (χ2v) is 2.59. The van der Waals surface area contributed by atoms with Gasteiger partial charge in [-0.25, -0.2) is 0 Å². The largest absolute Gasteiger partial charge is 0.433 e. The molecule has 4 nitrogen and oxygen atoms in total. The molecule has 0 saturated carbocycles. The maximum atomic E-state index is 10.6. The smallest absolute Gasteiger partial charge is 0.305 e. The number of aldehydes is 1. The molecule has 13 heavy (non-hydrogen) atoms. The lowest BCUT2D eigenvalue weighted by Gasteiger charge is -2.25. The summed E-state index contributed by atoms with van der Waals surface area (Å²) in [4.78, 5) is 20.9. The van der Waals surface area contributed by atoms with Crippen LogP contribution in [-0.2, 0) is 19.1 Å². The molecule has 72 valence electrons. The minimum atomic E-state index is -1.24. The average Bonchev–Trinajstić information content (AvgIpc) is 2.00. The molecule has 0 aliphatic heterocycles. The van der Waals surface area contributed by atoms with Crippen LogP contribution in [0.25, 0.3) is 0 Å². The fourth-order valence-electron chi connectivity index (χ4n) is 0.780. The van der Waals surface area contributed by atoms with Gasteiger partial charge in [-0.3, -0.25) is 4.79 Å². The summed E-state index contributed by atoms with van der Waals surface area (Å²) in [5, 5.41) is 0. The van der Waals surface area contributed by atoms with Crippen molar-refractivity contribution in [3.8, 4) is 12.3 Å². The Bertz CT molecular complexity index is 228. The first kappa shape index (κ1) is 11.7. The van der Waals surface area contributed by atoms with Gasteiger partial charge in [-0.1, -0.05) is 5.92 Å². The number of carbonyl (C=O) groups is 2. The van der Waals surface area contributed by atoms with Crippen molar-refractivity contribution in [1.29, 1.82) is 0 Å². The van der Waals surface area contributed by atoms with E-state index in [1.54, 1.807) is 0 Å². The minimum absolute atomic E-state index is 0.00236. The molecule has 0 fully saturated rings. The van der Waals surface area contributed by atoms with Gasteiger partial charge in [-0.2, -0.15) is 0 Å². The van der Waals surface area contributed by atoms with E-state index in [2.05, 4.69) is 5.92 Å². The second-order valence-electron chi connectivity index (χ2n) is 2.59. The van der Waals surface area contributed by atoms with Crippen LogP contribution >= 0.6 is 0 Å². The molecule has 1 atom stereocenters. The Hall–Kier alpha value is -1.34. The van der Waals surface area contributed by atoms with Gasteiger partial charge in [0.25, 0.3) is 0 Å². The highest BCUT2D eigenvalue weighted by molar-refractivity contribution is 5.67. The van der Waals surface area contributed by atoms with Gasteiger partial charge in [-0.15, -0.1) is 6.42 Å². The van der Waals surface area contributed by atoms with E-state index < -0.39 is 11.8 Å². The van der Waals surface area contributed by atoms with Crippen LogP contribution in [0.2, 0.25) is 0 Å². The molecule has 0 rings (SSSR count). The molecule has 0 aliphatic carbocycles. The fraction of sp³-hybridized carbons (Fsp3) is 0.556. The molecule has 0 bridgehead atoms. The van der Waals surface area contributed by atoms with E-state index in [9.17, 15) is 9.59 Å². The maximum absolute atomic E-state index is 10.6. The lowest BCUT2D eigenvalue weighted by atomic mass is 10.2. The summed E-state index contributed by atoms with van der Waals surface area (Å²) in [5.74, 6) is 0.477. The first-order valence-corrected chi connectivity index (χ1v) is 3.74. The van der Waals surface area contributed by atoms with E-state index in [0.717, 1.165) is 0 Å². The Morgan fingerprint density at radius 1 is 1.69 bits per heavy atom. The monoisotopic (exact) mass is 184 g/mol. The number of esters is 1. The van der Waals surface area contributed by atoms with E-state index in [1.807, 2.05) is 0 Å². The van der Waals surface area contributed by atoms with Crippen LogP contribution in [0.3, 0.4) is 0 Å².